The van der Waals surface area contributed by atoms with Gasteiger partial charge in [-0.15, -0.1) is 0 Å². The third kappa shape index (κ3) is 4.29. The molecule has 130 valence electrons. The quantitative estimate of drug-likeness (QED) is 0.848. The molecule has 1 atom stereocenters. The number of aromatic nitrogens is 2. The lowest BCUT2D eigenvalue weighted by molar-refractivity contribution is 0.336. The first-order chi connectivity index (χ1) is 11.8. The van der Waals surface area contributed by atoms with Gasteiger partial charge in [0.15, 0.2) is 0 Å². The Morgan fingerprint density at radius 3 is 2.83 bits per heavy atom. The van der Waals surface area contributed by atoms with Crippen molar-refractivity contribution in [2.24, 2.45) is 0 Å². The van der Waals surface area contributed by atoms with Crippen LogP contribution in [0.5, 0.6) is 5.75 Å². The van der Waals surface area contributed by atoms with Crippen molar-refractivity contribution in [2.75, 3.05) is 25.1 Å². The van der Waals surface area contributed by atoms with Gasteiger partial charge >= 0.3 is 0 Å². The Bertz CT molecular complexity index is 606. The Hall–Kier alpha value is -2.01. The van der Waals surface area contributed by atoms with Crippen LogP contribution in [0.1, 0.15) is 26.2 Å². The minimum absolute atomic E-state index is 0.507. The molecule has 24 heavy (non-hydrogen) atoms. The number of benzene rings is 1. The molecule has 1 unspecified atom stereocenters. The minimum atomic E-state index is 0.507. The normalized spacial score (nSPS) is 17.0. The molecule has 1 aliphatic rings. The second-order valence-corrected chi connectivity index (χ2v) is 6.49. The number of rotatable bonds is 7. The van der Waals surface area contributed by atoms with E-state index in [9.17, 15) is 0 Å². The summed E-state index contributed by atoms with van der Waals surface area (Å²) in [5.41, 5.74) is 1.26. The van der Waals surface area contributed by atoms with E-state index in [0.29, 0.717) is 12.1 Å². The Morgan fingerprint density at radius 2 is 2.17 bits per heavy atom. The number of piperidine rings is 1. The largest absolute Gasteiger partial charge is 0.497 e. The monoisotopic (exact) mass is 328 g/mol. The molecule has 5 nitrogen and oxygen atoms in total. The Balaban J connectivity index is 1.50. The maximum atomic E-state index is 5.34. The zero-order chi connectivity index (χ0) is 16.8. The van der Waals surface area contributed by atoms with Gasteiger partial charge in [-0.1, -0.05) is 13.0 Å². The molecular formula is C19H28N4O. The topological polar surface area (TPSA) is 42.3 Å². The summed E-state index contributed by atoms with van der Waals surface area (Å²) < 4.78 is 7.50. The number of methoxy groups -OCH3 is 1. The van der Waals surface area contributed by atoms with Crippen LogP contribution >= 0.6 is 0 Å². The first-order valence-electron chi connectivity index (χ1n) is 8.89. The average molecular weight is 328 g/mol. The Labute approximate surface area is 144 Å². The van der Waals surface area contributed by atoms with Crippen LogP contribution in [0.2, 0.25) is 0 Å². The number of ether oxygens (including phenoxy) is 1. The van der Waals surface area contributed by atoms with E-state index in [0.717, 1.165) is 31.8 Å². The van der Waals surface area contributed by atoms with E-state index in [-0.39, 0.29) is 0 Å². The molecule has 5 heteroatoms. The van der Waals surface area contributed by atoms with Crippen LogP contribution < -0.4 is 15.0 Å². The van der Waals surface area contributed by atoms with Crippen molar-refractivity contribution in [2.45, 2.75) is 44.8 Å². The summed E-state index contributed by atoms with van der Waals surface area (Å²) in [6.07, 6.45) is 9.27. The van der Waals surface area contributed by atoms with Crippen LogP contribution in [0.4, 0.5) is 5.69 Å². The van der Waals surface area contributed by atoms with E-state index in [1.165, 1.54) is 18.5 Å². The smallest absolute Gasteiger partial charge is 0.120 e. The second-order valence-electron chi connectivity index (χ2n) is 6.49. The Morgan fingerprint density at radius 1 is 1.33 bits per heavy atom. The second kappa shape index (κ2) is 8.20. The van der Waals surface area contributed by atoms with Crippen molar-refractivity contribution in [1.82, 2.24) is 14.9 Å². The van der Waals surface area contributed by atoms with Gasteiger partial charge in [-0.2, -0.15) is 0 Å². The van der Waals surface area contributed by atoms with Crippen molar-refractivity contribution in [3.8, 4) is 5.75 Å². The molecule has 0 aliphatic carbocycles. The van der Waals surface area contributed by atoms with E-state index in [4.69, 9.17) is 4.74 Å². The fourth-order valence-corrected chi connectivity index (χ4v) is 3.39. The van der Waals surface area contributed by atoms with Crippen molar-refractivity contribution in [3.63, 3.8) is 0 Å². The molecule has 1 N–H and O–H groups in total. The van der Waals surface area contributed by atoms with E-state index >= 15 is 0 Å². The van der Waals surface area contributed by atoms with Gasteiger partial charge < -0.3 is 19.5 Å². The molecule has 2 heterocycles. The van der Waals surface area contributed by atoms with Crippen LogP contribution in [-0.2, 0) is 6.54 Å². The summed E-state index contributed by atoms with van der Waals surface area (Å²) in [5.74, 6) is 0.930. The Kier molecular flexibility index (Phi) is 5.75. The van der Waals surface area contributed by atoms with Crippen LogP contribution in [-0.4, -0.2) is 41.8 Å². The van der Waals surface area contributed by atoms with E-state index < -0.39 is 0 Å². The third-order valence-electron chi connectivity index (χ3n) is 4.87. The van der Waals surface area contributed by atoms with Crippen molar-refractivity contribution in [3.05, 3.63) is 43.0 Å². The SMILES string of the molecule is CCC(Cn1ccnc1)NC1CCN(c2cccc(OC)c2)CC1. The molecule has 3 rings (SSSR count). The molecule has 1 fully saturated rings. The molecule has 1 saturated heterocycles. The van der Waals surface area contributed by atoms with Gasteiger partial charge in [0.2, 0.25) is 0 Å². The highest BCUT2D eigenvalue weighted by atomic mass is 16.5. The molecule has 0 radical (unpaired) electrons. The van der Waals surface area contributed by atoms with Gasteiger partial charge in [0.25, 0.3) is 0 Å². The standard InChI is InChI=1S/C19H28N4O/c1-3-16(14-22-12-9-20-15-22)21-17-7-10-23(11-8-17)18-5-4-6-19(13-18)24-2/h4-6,9,12-13,15-17,21H,3,7-8,10-11,14H2,1-2H3. The highest BCUT2D eigenvalue weighted by molar-refractivity contribution is 5.51. The van der Waals surface area contributed by atoms with Gasteiger partial charge in [-0.25, -0.2) is 4.98 Å². The average Bonchev–Trinajstić information content (AvgIpc) is 3.15. The zero-order valence-corrected chi connectivity index (χ0v) is 14.7. The minimum Gasteiger partial charge on any atom is -0.497 e. The number of nitrogens with zero attached hydrogens (tertiary/aromatic N) is 3. The van der Waals surface area contributed by atoms with Crippen LogP contribution in [0.25, 0.3) is 0 Å². The molecule has 1 aromatic heterocycles. The van der Waals surface area contributed by atoms with E-state index in [1.54, 1.807) is 7.11 Å². The van der Waals surface area contributed by atoms with Crippen LogP contribution in [0.3, 0.4) is 0 Å². The lowest BCUT2D eigenvalue weighted by Gasteiger charge is -2.36. The number of hydrogen-bond donors (Lipinski definition) is 1. The molecule has 0 amide bonds. The number of hydrogen-bond acceptors (Lipinski definition) is 4. The summed E-state index contributed by atoms with van der Waals surface area (Å²) in [7, 11) is 1.72. The lowest BCUT2D eigenvalue weighted by atomic mass is 10.0. The van der Waals surface area contributed by atoms with Gasteiger partial charge in [-0.05, 0) is 31.4 Å². The molecule has 1 aliphatic heterocycles. The van der Waals surface area contributed by atoms with Gasteiger partial charge in [0.1, 0.15) is 5.75 Å². The highest BCUT2D eigenvalue weighted by Crippen LogP contribution is 2.24. The number of imidazole rings is 1. The van der Waals surface area contributed by atoms with Crippen molar-refractivity contribution >= 4 is 5.69 Å². The first kappa shape index (κ1) is 16.8. The summed E-state index contributed by atoms with van der Waals surface area (Å²) in [4.78, 5) is 6.59. The van der Waals surface area contributed by atoms with Gasteiger partial charge in [0, 0.05) is 55.9 Å². The molecule has 1 aromatic carbocycles. The van der Waals surface area contributed by atoms with Crippen LogP contribution in [0, 0.1) is 0 Å². The van der Waals surface area contributed by atoms with Gasteiger partial charge in [-0.3, -0.25) is 0 Å². The zero-order valence-electron chi connectivity index (χ0n) is 14.7. The van der Waals surface area contributed by atoms with E-state index in [2.05, 4.69) is 44.9 Å². The third-order valence-corrected chi connectivity index (χ3v) is 4.87. The summed E-state index contributed by atoms with van der Waals surface area (Å²) in [5, 5.41) is 3.84. The van der Waals surface area contributed by atoms with Crippen LogP contribution in [0.15, 0.2) is 43.0 Å². The summed E-state index contributed by atoms with van der Waals surface area (Å²) >= 11 is 0. The van der Waals surface area contributed by atoms with Crippen molar-refractivity contribution < 1.29 is 4.74 Å². The summed E-state index contributed by atoms with van der Waals surface area (Å²) in [6, 6.07) is 9.47. The predicted octanol–water partition coefficient (Wildman–Crippen LogP) is 2.93. The fourth-order valence-electron chi connectivity index (χ4n) is 3.39. The molecule has 0 saturated carbocycles. The lowest BCUT2D eigenvalue weighted by Crippen LogP contribution is -2.47. The predicted molar refractivity (Wildman–Crippen MR) is 97.7 cm³/mol. The van der Waals surface area contributed by atoms with Gasteiger partial charge in [0.05, 0.1) is 13.4 Å². The maximum Gasteiger partial charge on any atom is 0.120 e. The highest BCUT2D eigenvalue weighted by Gasteiger charge is 2.21. The number of nitrogens with one attached hydrogen (secondary N) is 1. The molecule has 0 spiro atoms. The maximum absolute atomic E-state index is 5.34. The molecule has 2 aromatic rings. The molecular weight excluding hydrogens is 300 g/mol. The first-order valence-corrected chi connectivity index (χ1v) is 8.89. The summed E-state index contributed by atoms with van der Waals surface area (Å²) in [6.45, 7) is 5.42. The van der Waals surface area contributed by atoms with Crippen molar-refractivity contribution in [1.29, 1.82) is 0 Å². The number of anilines is 1. The van der Waals surface area contributed by atoms with E-state index in [1.807, 2.05) is 24.8 Å². The fraction of sp³-hybridized carbons (Fsp3) is 0.526. The molecule has 0 bridgehead atoms.